The summed E-state index contributed by atoms with van der Waals surface area (Å²) in [6, 6.07) is 8.78. The number of rotatable bonds is 2. The molecule has 0 fully saturated rings. The van der Waals surface area contributed by atoms with E-state index in [4.69, 9.17) is 14.7 Å². The van der Waals surface area contributed by atoms with Crippen LogP contribution in [0, 0.1) is 0 Å². The molecule has 0 aliphatic carbocycles. The number of alkyl halides is 1. The van der Waals surface area contributed by atoms with Gasteiger partial charge in [-0.15, -0.1) is 0 Å². The van der Waals surface area contributed by atoms with Crippen molar-refractivity contribution in [1.82, 2.24) is 0 Å². The van der Waals surface area contributed by atoms with Crippen LogP contribution in [0.1, 0.15) is 10.1 Å². The standard InChI is InChI=1S/C7H10BrO3P/c8-7(12(9,10)11)6-4-2-1-3-5-6/h1-5,7,9-12H. The SMILES string of the molecule is O[PH](O)(O)C(Br)c1ccccc1. The normalized spacial score (nSPS) is 15.7. The number of halogens is 1. The van der Waals surface area contributed by atoms with Gasteiger partial charge >= 0.3 is 79.0 Å². The van der Waals surface area contributed by atoms with Crippen molar-refractivity contribution in [2.24, 2.45) is 0 Å². The van der Waals surface area contributed by atoms with Crippen LogP contribution in [-0.4, -0.2) is 14.7 Å². The summed E-state index contributed by atoms with van der Waals surface area (Å²) in [6.45, 7) is 0. The third-order valence-corrected chi connectivity index (χ3v) is 4.82. The average molecular weight is 253 g/mol. The third kappa shape index (κ3) is 2.51. The van der Waals surface area contributed by atoms with Crippen molar-refractivity contribution in [3.05, 3.63) is 35.9 Å². The molecule has 0 spiro atoms. The van der Waals surface area contributed by atoms with Crippen molar-refractivity contribution < 1.29 is 14.7 Å². The molecule has 0 aliphatic heterocycles. The molecule has 68 valence electrons. The fraction of sp³-hybridized carbons (Fsp3) is 0.143. The Kier molecular flexibility index (Phi) is 3.21. The van der Waals surface area contributed by atoms with Crippen molar-refractivity contribution in [1.29, 1.82) is 0 Å². The molecule has 1 atom stereocenters. The van der Waals surface area contributed by atoms with Crippen molar-refractivity contribution in [3.63, 3.8) is 0 Å². The zero-order valence-corrected chi connectivity index (χ0v) is 8.77. The summed E-state index contributed by atoms with van der Waals surface area (Å²) >= 11 is 3.02. The predicted octanol–water partition coefficient (Wildman–Crippen LogP) is 1.55. The van der Waals surface area contributed by atoms with Crippen LogP contribution in [0.3, 0.4) is 0 Å². The Morgan fingerprint density at radius 1 is 1.08 bits per heavy atom. The molecule has 0 heterocycles. The summed E-state index contributed by atoms with van der Waals surface area (Å²) < 4.78 is -0.758. The van der Waals surface area contributed by atoms with Crippen LogP contribution < -0.4 is 0 Å². The van der Waals surface area contributed by atoms with Crippen molar-refractivity contribution in [2.75, 3.05) is 0 Å². The second-order valence-corrected chi connectivity index (χ2v) is 6.17. The van der Waals surface area contributed by atoms with E-state index in [9.17, 15) is 0 Å². The fourth-order valence-corrected chi connectivity index (χ4v) is 1.79. The second kappa shape index (κ2) is 3.81. The topological polar surface area (TPSA) is 60.7 Å². The zero-order chi connectivity index (χ0) is 9.19. The molecule has 5 heteroatoms. The molecule has 1 aromatic rings. The van der Waals surface area contributed by atoms with Gasteiger partial charge in [-0.3, -0.25) is 0 Å². The van der Waals surface area contributed by atoms with Gasteiger partial charge in [0.1, 0.15) is 0 Å². The summed E-state index contributed by atoms with van der Waals surface area (Å²) in [5, 5.41) is 0. The van der Waals surface area contributed by atoms with E-state index in [0.717, 1.165) is 0 Å². The molecule has 1 unspecified atom stereocenters. The summed E-state index contributed by atoms with van der Waals surface area (Å²) in [4.78, 5) is 26.8. The van der Waals surface area contributed by atoms with Crippen LogP contribution in [0.4, 0.5) is 0 Å². The van der Waals surface area contributed by atoms with Crippen molar-refractivity contribution in [2.45, 2.75) is 4.57 Å². The van der Waals surface area contributed by atoms with Crippen LogP contribution >= 0.6 is 23.9 Å². The van der Waals surface area contributed by atoms with Gasteiger partial charge in [0.15, 0.2) is 0 Å². The fourth-order valence-electron chi connectivity index (χ4n) is 0.846. The number of hydrogen-bond acceptors (Lipinski definition) is 3. The minimum atomic E-state index is -4.08. The maximum absolute atomic E-state index is 8.94. The molecule has 0 saturated heterocycles. The molecule has 0 saturated carbocycles. The molecule has 0 aromatic heterocycles. The van der Waals surface area contributed by atoms with Crippen LogP contribution in [-0.2, 0) is 0 Å². The molecule has 3 nitrogen and oxygen atoms in total. The van der Waals surface area contributed by atoms with Crippen LogP contribution in [0.2, 0.25) is 0 Å². The van der Waals surface area contributed by atoms with E-state index in [-0.39, 0.29) is 0 Å². The Labute approximate surface area is 79.4 Å². The Balaban J connectivity index is 2.86. The van der Waals surface area contributed by atoms with E-state index in [1.807, 2.05) is 6.07 Å². The van der Waals surface area contributed by atoms with Crippen LogP contribution in [0.5, 0.6) is 0 Å². The first-order valence-corrected chi connectivity index (χ1v) is 6.21. The van der Waals surface area contributed by atoms with Gasteiger partial charge in [-0.05, 0) is 0 Å². The minimum absolute atomic E-state index is 0.664. The molecule has 0 amide bonds. The van der Waals surface area contributed by atoms with Gasteiger partial charge in [0.05, 0.1) is 0 Å². The first kappa shape index (κ1) is 10.1. The van der Waals surface area contributed by atoms with Crippen LogP contribution in [0.25, 0.3) is 0 Å². The van der Waals surface area contributed by atoms with E-state index < -0.39 is 12.5 Å². The molecule has 3 N–H and O–H groups in total. The van der Waals surface area contributed by atoms with E-state index in [1.54, 1.807) is 24.3 Å². The average Bonchev–Trinajstić information content (AvgIpc) is 2.03. The molecule has 0 bridgehead atoms. The summed E-state index contributed by atoms with van der Waals surface area (Å²) in [5.74, 6) is 0. The van der Waals surface area contributed by atoms with E-state index in [0.29, 0.717) is 5.56 Å². The van der Waals surface area contributed by atoms with E-state index in [2.05, 4.69) is 15.9 Å². The molecular formula is C7H10BrO3P. The second-order valence-electron chi connectivity index (χ2n) is 2.46. The third-order valence-electron chi connectivity index (χ3n) is 1.43. The van der Waals surface area contributed by atoms with Gasteiger partial charge in [-0.25, -0.2) is 0 Å². The predicted molar refractivity (Wildman–Crippen MR) is 53.1 cm³/mol. The Bertz CT molecular complexity index is 247. The molecule has 0 aliphatic rings. The summed E-state index contributed by atoms with van der Waals surface area (Å²) in [6.07, 6.45) is 0. The Morgan fingerprint density at radius 2 is 1.58 bits per heavy atom. The quantitative estimate of drug-likeness (QED) is 0.553. The Hall–Kier alpha value is 0.0100. The number of benzene rings is 1. The van der Waals surface area contributed by atoms with Crippen LogP contribution in [0.15, 0.2) is 30.3 Å². The molecule has 1 aromatic carbocycles. The molecule has 0 radical (unpaired) electrons. The van der Waals surface area contributed by atoms with Gasteiger partial charge in [0, 0.05) is 0 Å². The van der Waals surface area contributed by atoms with Gasteiger partial charge in [0.2, 0.25) is 0 Å². The van der Waals surface area contributed by atoms with E-state index in [1.165, 1.54) is 0 Å². The maximum atomic E-state index is 8.94. The van der Waals surface area contributed by atoms with Gasteiger partial charge in [-0.1, -0.05) is 0 Å². The zero-order valence-electron chi connectivity index (χ0n) is 6.18. The van der Waals surface area contributed by atoms with Gasteiger partial charge < -0.3 is 0 Å². The molecule has 1 rings (SSSR count). The Morgan fingerprint density at radius 3 is 2.00 bits per heavy atom. The summed E-state index contributed by atoms with van der Waals surface area (Å²) in [7, 11) is -4.08. The first-order chi connectivity index (χ1) is 5.52. The van der Waals surface area contributed by atoms with Crippen molar-refractivity contribution >= 4 is 23.9 Å². The number of hydrogen-bond donors (Lipinski definition) is 3. The van der Waals surface area contributed by atoms with E-state index >= 15 is 0 Å². The van der Waals surface area contributed by atoms with Gasteiger partial charge in [0.25, 0.3) is 0 Å². The molecular weight excluding hydrogens is 243 g/mol. The first-order valence-electron chi connectivity index (χ1n) is 3.38. The summed E-state index contributed by atoms with van der Waals surface area (Å²) in [5.41, 5.74) is 0.664. The molecule has 12 heavy (non-hydrogen) atoms. The van der Waals surface area contributed by atoms with Crippen molar-refractivity contribution in [3.8, 4) is 0 Å². The monoisotopic (exact) mass is 252 g/mol. The van der Waals surface area contributed by atoms with Gasteiger partial charge in [-0.2, -0.15) is 0 Å².